The topological polar surface area (TPSA) is 72.8 Å². The van der Waals surface area contributed by atoms with Gasteiger partial charge in [0.05, 0.1) is 12.7 Å². The minimum atomic E-state index is -0.925. The third-order valence-electron chi connectivity index (χ3n) is 6.41. The average Bonchev–Trinajstić information content (AvgIpc) is 2.58. The second-order valence-electron chi connectivity index (χ2n) is 8.08. The van der Waals surface area contributed by atoms with Crippen molar-refractivity contribution in [2.24, 2.45) is 17.8 Å². The van der Waals surface area contributed by atoms with Crippen LogP contribution in [0.5, 0.6) is 5.75 Å². The summed E-state index contributed by atoms with van der Waals surface area (Å²) in [7, 11) is 1.33. The molecule has 0 atom stereocenters. The number of methoxy groups -OCH3 is 1. The maximum absolute atomic E-state index is 11.5. The highest BCUT2D eigenvalue weighted by Gasteiger charge is 2.52. The third kappa shape index (κ3) is 2.90. The molecule has 0 radical (unpaired) electrons. The lowest BCUT2D eigenvalue weighted by molar-refractivity contribution is -0.143. The molecular weight excluding hydrogens is 320 g/mol. The molecule has 5 nitrogen and oxygen atoms in total. The SMILES string of the molecule is COC(=O)COc1ccc(C(=O)O)cc1C12CC3CC(CC(C3)C1)C2. The van der Waals surface area contributed by atoms with Crippen molar-refractivity contribution in [3.05, 3.63) is 29.3 Å². The van der Waals surface area contributed by atoms with E-state index in [-0.39, 0.29) is 17.6 Å². The highest BCUT2D eigenvalue weighted by Crippen LogP contribution is 2.61. The van der Waals surface area contributed by atoms with Crippen LogP contribution < -0.4 is 4.74 Å². The molecule has 4 aliphatic carbocycles. The predicted octanol–water partition coefficient (Wildman–Crippen LogP) is 3.40. The molecule has 4 aliphatic rings. The Labute approximate surface area is 147 Å². The molecule has 0 amide bonds. The van der Waals surface area contributed by atoms with Crippen molar-refractivity contribution >= 4 is 11.9 Å². The molecule has 25 heavy (non-hydrogen) atoms. The number of esters is 1. The van der Waals surface area contributed by atoms with Gasteiger partial charge >= 0.3 is 11.9 Å². The van der Waals surface area contributed by atoms with Gasteiger partial charge in [-0.05, 0) is 79.9 Å². The Bertz CT molecular complexity index is 673. The van der Waals surface area contributed by atoms with Gasteiger partial charge in [0.15, 0.2) is 6.61 Å². The quantitative estimate of drug-likeness (QED) is 0.829. The Kier molecular flexibility index (Phi) is 3.97. The van der Waals surface area contributed by atoms with Gasteiger partial charge in [0.1, 0.15) is 5.75 Å². The first-order valence-corrected chi connectivity index (χ1v) is 9.06. The van der Waals surface area contributed by atoms with Crippen LogP contribution in [0.4, 0.5) is 0 Å². The fourth-order valence-corrected chi connectivity index (χ4v) is 5.84. The lowest BCUT2D eigenvalue weighted by Crippen LogP contribution is -2.48. The lowest BCUT2D eigenvalue weighted by atomic mass is 9.48. The number of hydrogen-bond donors (Lipinski definition) is 1. The highest BCUT2D eigenvalue weighted by molar-refractivity contribution is 5.88. The van der Waals surface area contributed by atoms with Gasteiger partial charge < -0.3 is 14.6 Å². The zero-order chi connectivity index (χ0) is 17.6. The molecule has 0 saturated heterocycles. The van der Waals surface area contributed by atoms with Gasteiger partial charge in [-0.3, -0.25) is 0 Å². The van der Waals surface area contributed by atoms with Crippen LogP contribution >= 0.6 is 0 Å². The van der Waals surface area contributed by atoms with Crippen molar-refractivity contribution in [2.45, 2.75) is 43.9 Å². The van der Waals surface area contributed by atoms with Gasteiger partial charge in [0.25, 0.3) is 0 Å². The van der Waals surface area contributed by atoms with E-state index < -0.39 is 11.9 Å². The molecule has 1 aromatic rings. The van der Waals surface area contributed by atoms with Gasteiger partial charge in [-0.2, -0.15) is 0 Å². The maximum Gasteiger partial charge on any atom is 0.343 e. The fourth-order valence-electron chi connectivity index (χ4n) is 5.84. The van der Waals surface area contributed by atoms with Crippen LogP contribution in [-0.4, -0.2) is 30.8 Å². The Balaban J connectivity index is 1.72. The molecule has 5 heteroatoms. The van der Waals surface area contributed by atoms with E-state index in [1.807, 2.05) is 0 Å². The van der Waals surface area contributed by atoms with Crippen molar-refractivity contribution in [1.29, 1.82) is 0 Å². The van der Waals surface area contributed by atoms with E-state index in [9.17, 15) is 14.7 Å². The third-order valence-corrected chi connectivity index (χ3v) is 6.41. The van der Waals surface area contributed by atoms with E-state index in [1.165, 1.54) is 26.4 Å². The van der Waals surface area contributed by atoms with Crippen molar-refractivity contribution in [2.75, 3.05) is 13.7 Å². The number of benzene rings is 1. The molecule has 4 saturated carbocycles. The first-order valence-electron chi connectivity index (χ1n) is 9.06. The van der Waals surface area contributed by atoms with E-state index in [0.29, 0.717) is 5.75 Å². The largest absolute Gasteiger partial charge is 0.482 e. The first kappa shape index (κ1) is 16.4. The maximum atomic E-state index is 11.5. The summed E-state index contributed by atoms with van der Waals surface area (Å²) in [5, 5.41) is 9.42. The summed E-state index contributed by atoms with van der Waals surface area (Å²) in [5.41, 5.74) is 1.28. The molecule has 1 aromatic carbocycles. The van der Waals surface area contributed by atoms with E-state index in [1.54, 1.807) is 18.2 Å². The Morgan fingerprint density at radius 2 is 1.72 bits per heavy atom. The molecule has 134 valence electrons. The second-order valence-corrected chi connectivity index (χ2v) is 8.08. The van der Waals surface area contributed by atoms with Crippen LogP contribution in [0, 0.1) is 17.8 Å². The summed E-state index contributed by atoms with van der Waals surface area (Å²) < 4.78 is 10.4. The van der Waals surface area contributed by atoms with E-state index in [0.717, 1.165) is 42.6 Å². The van der Waals surface area contributed by atoms with E-state index >= 15 is 0 Å². The monoisotopic (exact) mass is 344 g/mol. The molecule has 1 N–H and O–H groups in total. The molecular formula is C20H24O5. The van der Waals surface area contributed by atoms with E-state index in [2.05, 4.69) is 4.74 Å². The van der Waals surface area contributed by atoms with Crippen LogP contribution in [0.25, 0.3) is 0 Å². The fraction of sp³-hybridized carbons (Fsp3) is 0.600. The van der Waals surface area contributed by atoms with Gasteiger partial charge in [0, 0.05) is 5.56 Å². The number of carboxylic acids is 1. The number of ether oxygens (including phenoxy) is 2. The molecule has 0 aliphatic heterocycles. The Morgan fingerprint density at radius 3 is 2.24 bits per heavy atom. The number of rotatable bonds is 5. The molecule has 0 spiro atoms. The summed E-state index contributed by atoms with van der Waals surface area (Å²) in [6.45, 7) is -0.151. The highest BCUT2D eigenvalue weighted by atomic mass is 16.6. The Hall–Kier alpha value is -2.04. The molecule has 4 fully saturated rings. The van der Waals surface area contributed by atoms with Gasteiger partial charge in [-0.25, -0.2) is 9.59 Å². The molecule has 5 rings (SSSR count). The first-order chi connectivity index (χ1) is 12.0. The molecule has 0 aromatic heterocycles. The number of hydrogen-bond acceptors (Lipinski definition) is 4. The predicted molar refractivity (Wildman–Crippen MR) is 90.8 cm³/mol. The average molecular weight is 344 g/mol. The van der Waals surface area contributed by atoms with Crippen molar-refractivity contribution in [1.82, 2.24) is 0 Å². The normalized spacial score (nSPS) is 32.4. The smallest absolute Gasteiger partial charge is 0.343 e. The number of aromatic carboxylic acids is 1. The molecule has 0 heterocycles. The van der Waals surface area contributed by atoms with Crippen molar-refractivity contribution < 1.29 is 24.2 Å². The summed E-state index contributed by atoms with van der Waals surface area (Å²) in [6, 6.07) is 5.04. The zero-order valence-corrected chi connectivity index (χ0v) is 14.5. The summed E-state index contributed by atoms with van der Waals surface area (Å²) >= 11 is 0. The van der Waals surface area contributed by atoms with Crippen molar-refractivity contribution in [3.63, 3.8) is 0 Å². The van der Waals surface area contributed by atoms with Gasteiger partial charge in [-0.15, -0.1) is 0 Å². The summed E-state index contributed by atoms with van der Waals surface area (Å²) in [6.07, 6.45) is 7.27. The van der Waals surface area contributed by atoms with Gasteiger partial charge in [-0.1, -0.05) is 0 Å². The van der Waals surface area contributed by atoms with Crippen LogP contribution in [0.1, 0.15) is 54.4 Å². The molecule has 4 bridgehead atoms. The van der Waals surface area contributed by atoms with E-state index in [4.69, 9.17) is 4.74 Å². The van der Waals surface area contributed by atoms with Crippen LogP contribution in [0.15, 0.2) is 18.2 Å². The number of carboxylic acid groups (broad SMARTS) is 1. The molecule has 0 unspecified atom stereocenters. The van der Waals surface area contributed by atoms with Crippen LogP contribution in [-0.2, 0) is 14.9 Å². The summed E-state index contributed by atoms with van der Waals surface area (Å²) in [5.74, 6) is 1.51. The standard InChI is InChI=1S/C20H24O5/c1-24-18(21)11-25-17-3-2-15(19(22)23)7-16(17)20-8-12-4-13(9-20)6-14(5-12)10-20/h2-3,7,12-14H,4-6,8-11H2,1H3,(H,22,23). The minimum Gasteiger partial charge on any atom is -0.482 e. The van der Waals surface area contributed by atoms with Crippen LogP contribution in [0.2, 0.25) is 0 Å². The zero-order valence-electron chi connectivity index (χ0n) is 14.5. The van der Waals surface area contributed by atoms with Gasteiger partial charge in [0.2, 0.25) is 0 Å². The van der Waals surface area contributed by atoms with Crippen molar-refractivity contribution in [3.8, 4) is 5.75 Å². The minimum absolute atomic E-state index is 0.00562. The lowest BCUT2D eigenvalue weighted by Gasteiger charge is -2.57. The Morgan fingerprint density at radius 1 is 1.12 bits per heavy atom. The number of carbonyl (C=O) groups is 2. The van der Waals surface area contributed by atoms with Crippen LogP contribution in [0.3, 0.4) is 0 Å². The summed E-state index contributed by atoms with van der Waals surface area (Å²) in [4.78, 5) is 23.0. The second kappa shape index (κ2) is 6.04. The number of carbonyl (C=O) groups excluding carboxylic acids is 1.